The molecule has 106 valence electrons. The lowest BCUT2D eigenvalue weighted by Gasteiger charge is -2.34. The summed E-state index contributed by atoms with van der Waals surface area (Å²) < 4.78 is 0. The van der Waals surface area contributed by atoms with Gasteiger partial charge in [-0.3, -0.25) is 4.98 Å². The molecule has 2 aromatic rings. The van der Waals surface area contributed by atoms with Gasteiger partial charge in [-0.25, -0.2) is 4.98 Å². The molecule has 0 saturated heterocycles. The van der Waals surface area contributed by atoms with Gasteiger partial charge in [0.1, 0.15) is 10.7 Å². The summed E-state index contributed by atoms with van der Waals surface area (Å²) in [6, 6.07) is 4.50. The highest BCUT2D eigenvalue weighted by Crippen LogP contribution is 2.44. The van der Waals surface area contributed by atoms with Gasteiger partial charge in [-0.1, -0.05) is 19.9 Å². The van der Waals surface area contributed by atoms with E-state index in [1.807, 2.05) is 19.3 Å². The van der Waals surface area contributed by atoms with Crippen LogP contribution in [0.25, 0.3) is 10.7 Å². The Morgan fingerprint density at radius 3 is 2.90 bits per heavy atom. The van der Waals surface area contributed by atoms with E-state index in [0.29, 0.717) is 11.5 Å². The minimum atomic E-state index is 0.311. The summed E-state index contributed by atoms with van der Waals surface area (Å²) in [6.45, 7) is 6.75. The van der Waals surface area contributed by atoms with Crippen molar-refractivity contribution in [2.24, 2.45) is 5.41 Å². The Bertz CT molecular complexity index is 630. The van der Waals surface area contributed by atoms with E-state index in [-0.39, 0.29) is 0 Å². The van der Waals surface area contributed by atoms with Crippen molar-refractivity contribution in [1.82, 2.24) is 15.3 Å². The van der Waals surface area contributed by atoms with Crippen molar-refractivity contribution < 1.29 is 0 Å². The van der Waals surface area contributed by atoms with Crippen LogP contribution in [0.15, 0.2) is 18.3 Å². The van der Waals surface area contributed by atoms with Gasteiger partial charge in [0.05, 0.1) is 5.69 Å². The van der Waals surface area contributed by atoms with E-state index < -0.39 is 0 Å². The fourth-order valence-electron chi connectivity index (χ4n) is 2.98. The lowest BCUT2D eigenvalue weighted by Crippen LogP contribution is -2.30. The number of nitrogens with zero attached hydrogens (tertiary/aromatic N) is 2. The highest BCUT2D eigenvalue weighted by Gasteiger charge is 2.34. The van der Waals surface area contributed by atoms with Crippen LogP contribution in [0.3, 0.4) is 0 Å². The molecule has 0 aromatic carbocycles. The predicted octanol–water partition coefficient (Wildman–Crippen LogP) is 3.75. The molecule has 1 atom stereocenters. The second-order valence-corrected chi connectivity index (χ2v) is 7.42. The second kappa shape index (κ2) is 4.93. The SMILES string of the molecule is CNC1CC(C)(C)Cc2nc(-c3ncccc3C)sc21. The molecule has 3 rings (SSSR count). The van der Waals surface area contributed by atoms with E-state index >= 15 is 0 Å². The number of nitrogens with one attached hydrogen (secondary N) is 1. The molecule has 0 fully saturated rings. The van der Waals surface area contributed by atoms with Crippen molar-refractivity contribution in [2.75, 3.05) is 7.05 Å². The van der Waals surface area contributed by atoms with E-state index in [1.165, 1.54) is 22.6 Å². The number of aryl methyl sites for hydroxylation is 1. The molecule has 0 amide bonds. The fraction of sp³-hybridized carbons (Fsp3) is 0.500. The van der Waals surface area contributed by atoms with Gasteiger partial charge in [-0.05, 0) is 43.9 Å². The molecule has 3 nitrogen and oxygen atoms in total. The maximum Gasteiger partial charge on any atom is 0.142 e. The average molecular weight is 287 g/mol. The van der Waals surface area contributed by atoms with Crippen LogP contribution in [-0.4, -0.2) is 17.0 Å². The van der Waals surface area contributed by atoms with Gasteiger partial charge in [0.15, 0.2) is 0 Å². The van der Waals surface area contributed by atoms with E-state index in [2.05, 4.69) is 37.1 Å². The molecule has 0 bridgehead atoms. The first-order valence-corrected chi connectivity index (χ1v) is 7.91. The third-order valence-corrected chi connectivity index (χ3v) is 5.23. The van der Waals surface area contributed by atoms with Gasteiger partial charge in [-0.15, -0.1) is 11.3 Å². The molecule has 0 radical (unpaired) electrons. The molecule has 4 heteroatoms. The van der Waals surface area contributed by atoms with Gasteiger partial charge in [0.2, 0.25) is 0 Å². The molecule has 1 N–H and O–H groups in total. The summed E-state index contributed by atoms with van der Waals surface area (Å²) in [4.78, 5) is 10.8. The van der Waals surface area contributed by atoms with E-state index in [4.69, 9.17) is 4.98 Å². The first-order valence-electron chi connectivity index (χ1n) is 7.09. The molecule has 0 saturated carbocycles. The second-order valence-electron chi connectivity index (χ2n) is 6.39. The Hall–Kier alpha value is -1.26. The van der Waals surface area contributed by atoms with Gasteiger partial charge >= 0.3 is 0 Å². The fourth-order valence-corrected chi connectivity index (χ4v) is 4.23. The first-order chi connectivity index (χ1) is 9.50. The van der Waals surface area contributed by atoms with Gasteiger partial charge in [0, 0.05) is 17.1 Å². The Labute approximate surface area is 124 Å². The van der Waals surface area contributed by atoms with E-state index in [9.17, 15) is 0 Å². The topological polar surface area (TPSA) is 37.8 Å². The third kappa shape index (κ3) is 2.38. The number of aromatic nitrogens is 2. The maximum atomic E-state index is 4.89. The van der Waals surface area contributed by atoms with Crippen LogP contribution in [0, 0.1) is 12.3 Å². The normalized spacial score (nSPS) is 20.7. The molecule has 1 aliphatic rings. The van der Waals surface area contributed by atoms with Crippen LogP contribution in [0.1, 0.15) is 42.4 Å². The number of pyridine rings is 1. The van der Waals surface area contributed by atoms with Crippen LogP contribution in [-0.2, 0) is 6.42 Å². The highest BCUT2D eigenvalue weighted by atomic mass is 32.1. The molecule has 2 aromatic heterocycles. The first kappa shape index (κ1) is 13.7. The van der Waals surface area contributed by atoms with Gasteiger partial charge in [0.25, 0.3) is 0 Å². The summed E-state index contributed by atoms with van der Waals surface area (Å²) >= 11 is 1.80. The Morgan fingerprint density at radius 2 is 2.20 bits per heavy atom. The lowest BCUT2D eigenvalue weighted by atomic mass is 9.76. The number of fused-ring (bicyclic) bond motifs is 1. The molecular weight excluding hydrogens is 266 g/mol. The van der Waals surface area contributed by atoms with Crippen LogP contribution >= 0.6 is 11.3 Å². The van der Waals surface area contributed by atoms with Crippen molar-refractivity contribution in [3.63, 3.8) is 0 Å². The van der Waals surface area contributed by atoms with Crippen molar-refractivity contribution in [3.05, 3.63) is 34.5 Å². The van der Waals surface area contributed by atoms with Crippen molar-refractivity contribution in [3.8, 4) is 10.7 Å². The zero-order valence-electron chi connectivity index (χ0n) is 12.5. The molecule has 2 heterocycles. The Balaban J connectivity index is 2.07. The van der Waals surface area contributed by atoms with Gasteiger partial charge < -0.3 is 5.32 Å². The highest BCUT2D eigenvalue weighted by molar-refractivity contribution is 7.15. The van der Waals surface area contributed by atoms with E-state index in [0.717, 1.165) is 17.1 Å². The summed E-state index contributed by atoms with van der Waals surface area (Å²) in [6.07, 6.45) is 4.07. The zero-order valence-corrected chi connectivity index (χ0v) is 13.3. The minimum absolute atomic E-state index is 0.311. The summed E-state index contributed by atoms with van der Waals surface area (Å²) in [7, 11) is 2.04. The molecule has 0 spiro atoms. The average Bonchev–Trinajstić information content (AvgIpc) is 2.80. The van der Waals surface area contributed by atoms with Crippen LogP contribution in [0.4, 0.5) is 0 Å². The molecule has 1 unspecified atom stereocenters. The minimum Gasteiger partial charge on any atom is -0.312 e. The van der Waals surface area contributed by atoms with Crippen LogP contribution < -0.4 is 5.32 Å². The van der Waals surface area contributed by atoms with Crippen molar-refractivity contribution in [1.29, 1.82) is 0 Å². The summed E-state index contributed by atoms with van der Waals surface area (Å²) in [5.41, 5.74) is 3.79. The van der Waals surface area contributed by atoms with Crippen molar-refractivity contribution >= 4 is 11.3 Å². The number of hydrogen-bond acceptors (Lipinski definition) is 4. The van der Waals surface area contributed by atoms with Crippen molar-refractivity contribution in [2.45, 2.75) is 39.7 Å². The zero-order chi connectivity index (χ0) is 14.3. The monoisotopic (exact) mass is 287 g/mol. The predicted molar refractivity (Wildman–Crippen MR) is 84.0 cm³/mol. The largest absolute Gasteiger partial charge is 0.312 e. The number of rotatable bonds is 2. The lowest BCUT2D eigenvalue weighted by molar-refractivity contribution is 0.265. The van der Waals surface area contributed by atoms with E-state index in [1.54, 1.807) is 11.3 Å². The maximum absolute atomic E-state index is 4.89. The smallest absolute Gasteiger partial charge is 0.142 e. The number of thiazole rings is 1. The molecule has 20 heavy (non-hydrogen) atoms. The molecule has 1 aliphatic carbocycles. The summed E-state index contributed by atoms with van der Waals surface area (Å²) in [5, 5.41) is 4.51. The third-order valence-electron chi connectivity index (χ3n) is 4.01. The van der Waals surface area contributed by atoms with Crippen LogP contribution in [0.2, 0.25) is 0 Å². The molecule has 0 aliphatic heterocycles. The Morgan fingerprint density at radius 1 is 1.40 bits per heavy atom. The van der Waals surface area contributed by atoms with Gasteiger partial charge in [-0.2, -0.15) is 0 Å². The Kier molecular flexibility index (Phi) is 3.38. The summed E-state index contributed by atoms with van der Waals surface area (Å²) in [5.74, 6) is 0. The standard InChI is InChI=1S/C16H21N3S/c1-10-6-5-7-18-13(10)15-19-12-9-16(2,3)8-11(17-4)14(12)20-15/h5-7,11,17H,8-9H2,1-4H3. The number of hydrogen-bond donors (Lipinski definition) is 1. The van der Waals surface area contributed by atoms with Crippen LogP contribution in [0.5, 0.6) is 0 Å². The quantitative estimate of drug-likeness (QED) is 0.914. The molecular formula is C16H21N3S.